The highest BCUT2D eigenvalue weighted by molar-refractivity contribution is 6.30. The standard InChI is InChI=1S/C19H17ClF3N5O2/c20-15-3-5-16(6-4-15)28-11-13(9-27-28)8-25-18(29)26-10-14-2-1-7-24-17(14)30-12-19(21,22)23/h1-7,9,11H,8,10,12H2,(H2,25,26,29). The molecule has 0 radical (unpaired) electrons. The SMILES string of the molecule is O=C(NCc1cnn(-c2ccc(Cl)cc2)c1)NCc1cccnc1OCC(F)(F)F. The van der Waals surface area contributed by atoms with E-state index in [1.807, 2.05) is 12.1 Å². The van der Waals surface area contributed by atoms with E-state index in [-0.39, 0.29) is 19.0 Å². The Labute approximate surface area is 174 Å². The number of nitrogens with zero attached hydrogens (tertiary/aromatic N) is 3. The van der Waals surface area contributed by atoms with Gasteiger partial charge in [0.2, 0.25) is 5.88 Å². The van der Waals surface area contributed by atoms with Crippen LogP contribution >= 0.6 is 11.6 Å². The molecule has 3 aromatic rings. The molecule has 0 atom stereocenters. The number of halogens is 4. The third-order valence-corrected chi connectivity index (χ3v) is 4.09. The van der Waals surface area contributed by atoms with Crippen LogP contribution in [0.4, 0.5) is 18.0 Å². The maximum Gasteiger partial charge on any atom is 0.422 e. The summed E-state index contributed by atoms with van der Waals surface area (Å²) in [5.74, 6) is -0.181. The van der Waals surface area contributed by atoms with Gasteiger partial charge in [0, 0.05) is 41.6 Å². The number of hydrogen-bond donors (Lipinski definition) is 2. The van der Waals surface area contributed by atoms with Crippen LogP contribution in [0.25, 0.3) is 5.69 Å². The summed E-state index contributed by atoms with van der Waals surface area (Å²) in [6.07, 6.45) is 0.205. The number of aromatic nitrogens is 3. The summed E-state index contributed by atoms with van der Waals surface area (Å²) in [5, 5.41) is 10.1. The Bertz CT molecular complexity index is 992. The van der Waals surface area contributed by atoms with E-state index in [0.29, 0.717) is 10.6 Å². The molecule has 30 heavy (non-hydrogen) atoms. The van der Waals surface area contributed by atoms with Crippen LogP contribution in [-0.2, 0) is 13.1 Å². The van der Waals surface area contributed by atoms with Gasteiger partial charge in [-0.2, -0.15) is 18.3 Å². The van der Waals surface area contributed by atoms with Crippen LogP contribution in [0.2, 0.25) is 5.02 Å². The fourth-order valence-corrected chi connectivity index (χ4v) is 2.57. The van der Waals surface area contributed by atoms with Crippen molar-refractivity contribution in [1.82, 2.24) is 25.4 Å². The molecular weight excluding hydrogens is 423 g/mol. The van der Waals surface area contributed by atoms with Gasteiger partial charge in [0.15, 0.2) is 6.61 Å². The number of benzene rings is 1. The topological polar surface area (TPSA) is 81.1 Å². The molecule has 11 heteroatoms. The summed E-state index contributed by atoms with van der Waals surface area (Å²) in [6, 6.07) is 9.68. The van der Waals surface area contributed by atoms with Gasteiger partial charge in [-0.3, -0.25) is 0 Å². The molecule has 0 spiro atoms. The van der Waals surface area contributed by atoms with Crippen LogP contribution in [0.15, 0.2) is 55.0 Å². The average Bonchev–Trinajstić information content (AvgIpc) is 3.19. The van der Waals surface area contributed by atoms with E-state index in [1.165, 1.54) is 12.3 Å². The van der Waals surface area contributed by atoms with Crippen LogP contribution in [0.1, 0.15) is 11.1 Å². The van der Waals surface area contributed by atoms with E-state index in [4.69, 9.17) is 11.6 Å². The first-order valence-corrected chi connectivity index (χ1v) is 9.12. The number of carbonyl (C=O) groups excluding carboxylic acids is 1. The number of pyridine rings is 1. The van der Waals surface area contributed by atoms with E-state index in [9.17, 15) is 18.0 Å². The molecule has 2 aromatic heterocycles. The molecule has 2 N–H and O–H groups in total. The van der Waals surface area contributed by atoms with Crippen LogP contribution in [-0.4, -0.2) is 33.6 Å². The Balaban J connectivity index is 1.50. The van der Waals surface area contributed by atoms with Crippen LogP contribution in [0, 0.1) is 0 Å². The molecule has 0 saturated carbocycles. The number of nitrogens with one attached hydrogen (secondary N) is 2. The van der Waals surface area contributed by atoms with Crippen molar-refractivity contribution < 1.29 is 22.7 Å². The van der Waals surface area contributed by atoms with Gasteiger partial charge in [-0.1, -0.05) is 17.7 Å². The number of urea groups is 1. The second-order valence-electron chi connectivity index (χ2n) is 6.18. The summed E-state index contributed by atoms with van der Waals surface area (Å²) in [4.78, 5) is 15.8. The zero-order valence-electron chi connectivity index (χ0n) is 15.5. The molecule has 0 aliphatic rings. The van der Waals surface area contributed by atoms with Crippen molar-refractivity contribution in [2.24, 2.45) is 0 Å². The number of carbonyl (C=O) groups is 1. The van der Waals surface area contributed by atoms with Crippen LogP contribution in [0.5, 0.6) is 5.88 Å². The predicted molar refractivity (Wildman–Crippen MR) is 103 cm³/mol. The van der Waals surface area contributed by atoms with Crippen molar-refractivity contribution in [2.45, 2.75) is 19.3 Å². The molecule has 2 amide bonds. The average molecular weight is 440 g/mol. The largest absolute Gasteiger partial charge is 0.468 e. The van der Waals surface area contributed by atoms with E-state index in [1.54, 1.807) is 35.3 Å². The molecule has 2 heterocycles. The highest BCUT2D eigenvalue weighted by atomic mass is 35.5. The lowest BCUT2D eigenvalue weighted by Crippen LogP contribution is -2.34. The molecule has 1 aromatic carbocycles. The minimum Gasteiger partial charge on any atom is -0.468 e. The number of ether oxygens (including phenoxy) is 1. The second-order valence-corrected chi connectivity index (χ2v) is 6.61. The molecule has 7 nitrogen and oxygen atoms in total. The van der Waals surface area contributed by atoms with Crippen LogP contribution in [0.3, 0.4) is 0 Å². The Morgan fingerprint density at radius 2 is 1.87 bits per heavy atom. The van der Waals surface area contributed by atoms with Crippen molar-refractivity contribution in [3.63, 3.8) is 0 Å². The smallest absolute Gasteiger partial charge is 0.422 e. The van der Waals surface area contributed by atoms with Crippen LogP contribution < -0.4 is 15.4 Å². The molecule has 3 rings (SSSR count). The molecule has 0 saturated heterocycles. The molecular formula is C19H17ClF3N5O2. The minimum absolute atomic E-state index is 0.0447. The maximum absolute atomic E-state index is 12.3. The normalized spacial score (nSPS) is 11.2. The summed E-state index contributed by atoms with van der Waals surface area (Å²) in [5.41, 5.74) is 1.90. The summed E-state index contributed by atoms with van der Waals surface area (Å²) >= 11 is 5.86. The third-order valence-electron chi connectivity index (χ3n) is 3.84. The second kappa shape index (κ2) is 9.49. The van der Waals surface area contributed by atoms with Gasteiger partial charge in [-0.15, -0.1) is 0 Å². The van der Waals surface area contributed by atoms with Gasteiger partial charge in [0.25, 0.3) is 0 Å². The Hall–Kier alpha value is -3.27. The zero-order valence-corrected chi connectivity index (χ0v) is 16.2. The van der Waals surface area contributed by atoms with Crippen molar-refractivity contribution in [3.05, 3.63) is 71.1 Å². The first kappa shape index (κ1) is 21.4. The van der Waals surface area contributed by atoms with E-state index >= 15 is 0 Å². The van der Waals surface area contributed by atoms with Gasteiger partial charge < -0.3 is 15.4 Å². The highest BCUT2D eigenvalue weighted by Gasteiger charge is 2.29. The Morgan fingerprint density at radius 1 is 1.13 bits per heavy atom. The van der Waals surface area contributed by atoms with E-state index < -0.39 is 18.8 Å². The zero-order chi connectivity index (χ0) is 21.6. The molecule has 0 fully saturated rings. The number of hydrogen-bond acceptors (Lipinski definition) is 4. The molecule has 0 aliphatic carbocycles. The molecule has 158 valence electrons. The van der Waals surface area contributed by atoms with Crippen molar-refractivity contribution in [2.75, 3.05) is 6.61 Å². The van der Waals surface area contributed by atoms with Gasteiger partial charge >= 0.3 is 12.2 Å². The Kier molecular flexibility index (Phi) is 6.78. The highest BCUT2D eigenvalue weighted by Crippen LogP contribution is 2.20. The monoisotopic (exact) mass is 439 g/mol. The molecule has 0 unspecified atom stereocenters. The van der Waals surface area contributed by atoms with Gasteiger partial charge in [-0.25, -0.2) is 14.5 Å². The first-order chi connectivity index (χ1) is 14.3. The fourth-order valence-electron chi connectivity index (χ4n) is 2.45. The third kappa shape index (κ3) is 6.38. The molecule has 0 aliphatic heterocycles. The summed E-state index contributed by atoms with van der Waals surface area (Å²) < 4.78 is 43.3. The van der Waals surface area contributed by atoms with Gasteiger partial charge in [-0.05, 0) is 30.3 Å². The lowest BCUT2D eigenvalue weighted by molar-refractivity contribution is -0.154. The maximum atomic E-state index is 12.3. The fraction of sp³-hybridized carbons (Fsp3) is 0.211. The minimum atomic E-state index is -4.48. The number of rotatable bonds is 7. The van der Waals surface area contributed by atoms with E-state index in [2.05, 4.69) is 25.5 Å². The van der Waals surface area contributed by atoms with Gasteiger partial charge in [0.05, 0.1) is 11.9 Å². The predicted octanol–water partition coefficient (Wildman–Crippen LogP) is 3.86. The lowest BCUT2D eigenvalue weighted by Gasteiger charge is -2.12. The summed E-state index contributed by atoms with van der Waals surface area (Å²) in [7, 11) is 0. The molecule has 0 bridgehead atoms. The van der Waals surface area contributed by atoms with Crippen molar-refractivity contribution in [1.29, 1.82) is 0 Å². The number of alkyl halides is 3. The lowest BCUT2D eigenvalue weighted by atomic mass is 10.2. The quantitative estimate of drug-likeness (QED) is 0.585. The number of amides is 2. The van der Waals surface area contributed by atoms with Crippen molar-refractivity contribution >= 4 is 17.6 Å². The Morgan fingerprint density at radius 3 is 2.60 bits per heavy atom. The summed E-state index contributed by atoms with van der Waals surface area (Å²) in [6.45, 7) is -1.29. The van der Waals surface area contributed by atoms with E-state index in [0.717, 1.165) is 11.3 Å². The van der Waals surface area contributed by atoms with Crippen molar-refractivity contribution in [3.8, 4) is 11.6 Å². The van der Waals surface area contributed by atoms with Gasteiger partial charge in [0.1, 0.15) is 0 Å². The first-order valence-electron chi connectivity index (χ1n) is 8.75.